The number of carbonyl (C=O) groups is 1. The molecule has 0 radical (unpaired) electrons. The molecule has 0 unspecified atom stereocenters. The Bertz CT molecular complexity index is 1040. The van der Waals surface area contributed by atoms with Crippen LogP contribution in [0.1, 0.15) is 17.4 Å². The molecule has 29 heavy (non-hydrogen) atoms. The largest absolute Gasteiger partial charge is 0.497 e. The molecule has 3 heterocycles. The van der Waals surface area contributed by atoms with Gasteiger partial charge in [0.25, 0.3) is 0 Å². The number of methoxy groups -OCH3 is 1. The van der Waals surface area contributed by atoms with Crippen molar-refractivity contribution in [1.82, 2.24) is 14.9 Å². The zero-order chi connectivity index (χ0) is 20.2. The highest BCUT2D eigenvalue weighted by Crippen LogP contribution is 2.31. The Balaban J connectivity index is 1.41. The Morgan fingerprint density at radius 1 is 1.21 bits per heavy atom. The molecule has 0 saturated carbocycles. The topological polar surface area (TPSA) is 58.6 Å². The number of nitrogens with zero attached hydrogens (tertiary/aromatic N) is 4. The first-order chi connectivity index (χ1) is 14.2. The summed E-state index contributed by atoms with van der Waals surface area (Å²) in [5.74, 6) is 1.79. The van der Waals surface area contributed by atoms with Crippen molar-refractivity contribution in [3.05, 3.63) is 53.2 Å². The highest BCUT2D eigenvalue weighted by molar-refractivity contribution is 7.18. The number of piperazine rings is 1. The minimum atomic E-state index is 0.0316. The van der Waals surface area contributed by atoms with Crippen molar-refractivity contribution < 1.29 is 9.53 Å². The number of aromatic nitrogens is 2. The Kier molecular flexibility index (Phi) is 5.76. The van der Waals surface area contributed by atoms with Crippen molar-refractivity contribution >= 4 is 39.4 Å². The maximum atomic E-state index is 12.6. The van der Waals surface area contributed by atoms with Crippen LogP contribution in [0.5, 0.6) is 5.75 Å². The minimum absolute atomic E-state index is 0.0316. The number of anilines is 1. The summed E-state index contributed by atoms with van der Waals surface area (Å²) in [5.41, 5.74) is 0.948. The molecule has 1 aromatic carbocycles. The van der Waals surface area contributed by atoms with Gasteiger partial charge in [-0.15, -0.1) is 11.3 Å². The van der Waals surface area contributed by atoms with Crippen molar-refractivity contribution in [3.63, 3.8) is 0 Å². The van der Waals surface area contributed by atoms with Crippen molar-refractivity contribution in [3.8, 4) is 5.75 Å². The zero-order valence-electron chi connectivity index (χ0n) is 16.7. The fraction of sp³-hybridized carbons (Fsp3) is 0.318. The molecule has 6 nitrogen and oxygen atoms in total. The van der Waals surface area contributed by atoms with Gasteiger partial charge in [0.1, 0.15) is 22.7 Å². The molecule has 3 aromatic rings. The van der Waals surface area contributed by atoms with Gasteiger partial charge >= 0.3 is 0 Å². The maximum Gasteiger partial charge on any atom is 0.246 e. The van der Waals surface area contributed by atoms with Gasteiger partial charge in [0.15, 0.2) is 0 Å². The number of carbonyl (C=O) groups excluding carboxylic acids is 1. The summed E-state index contributed by atoms with van der Waals surface area (Å²) >= 11 is 1.73. The van der Waals surface area contributed by atoms with Crippen molar-refractivity contribution in [1.29, 1.82) is 0 Å². The molecule has 1 fully saturated rings. The number of ether oxygens (including phenoxy) is 1. The lowest BCUT2D eigenvalue weighted by molar-refractivity contribution is -0.126. The second kappa shape index (κ2) is 8.61. The molecule has 150 valence electrons. The van der Waals surface area contributed by atoms with Crippen LogP contribution in [0.3, 0.4) is 0 Å². The van der Waals surface area contributed by atoms with E-state index in [1.165, 1.54) is 4.88 Å². The van der Waals surface area contributed by atoms with Gasteiger partial charge in [-0.2, -0.15) is 0 Å². The van der Waals surface area contributed by atoms with Gasteiger partial charge in [0, 0.05) is 37.1 Å². The van der Waals surface area contributed by atoms with Gasteiger partial charge in [0.2, 0.25) is 5.91 Å². The van der Waals surface area contributed by atoms with E-state index in [4.69, 9.17) is 4.74 Å². The molecule has 1 aliphatic rings. The molecule has 0 bridgehead atoms. The van der Waals surface area contributed by atoms with Gasteiger partial charge < -0.3 is 14.5 Å². The van der Waals surface area contributed by atoms with Crippen LogP contribution in [0.15, 0.2) is 42.7 Å². The van der Waals surface area contributed by atoms with E-state index < -0.39 is 0 Å². The average Bonchev–Trinajstić information content (AvgIpc) is 3.21. The van der Waals surface area contributed by atoms with Gasteiger partial charge in [0.05, 0.1) is 12.5 Å². The van der Waals surface area contributed by atoms with Crippen molar-refractivity contribution in [2.45, 2.75) is 13.3 Å². The summed E-state index contributed by atoms with van der Waals surface area (Å²) < 4.78 is 5.23. The summed E-state index contributed by atoms with van der Waals surface area (Å²) in [7, 11) is 1.64. The predicted molar refractivity (Wildman–Crippen MR) is 118 cm³/mol. The predicted octanol–water partition coefficient (Wildman–Crippen LogP) is 3.62. The summed E-state index contributed by atoms with van der Waals surface area (Å²) in [6, 6.07) is 9.87. The molecule has 0 N–H and O–H groups in total. The summed E-state index contributed by atoms with van der Waals surface area (Å²) in [4.78, 5) is 28.0. The van der Waals surface area contributed by atoms with Crippen LogP contribution in [0.2, 0.25) is 0 Å². The van der Waals surface area contributed by atoms with Crippen LogP contribution in [0.25, 0.3) is 16.3 Å². The molecule has 1 saturated heterocycles. The van der Waals surface area contributed by atoms with Crippen LogP contribution < -0.4 is 9.64 Å². The zero-order valence-corrected chi connectivity index (χ0v) is 17.5. The maximum absolute atomic E-state index is 12.6. The quantitative estimate of drug-likeness (QED) is 0.604. The van der Waals surface area contributed by atoms with E-state index in [1.54, 1.807) is 30.8 Å². The normalized spacial score (nSPS) is 14.7. The van der Waals surface area contributed by atoms with E-state index in [9.17, 15) is 4.79 Å². The van der Waals surface area contributed by atoms with Crippen LogP contribution >= 0.6 is 11.3 Å². The number of rotatable bonds is 5. The smallest absolute Gasteiger partial charge is 0.246 e. The Morgan fingerprint density at radius 2 is 2.03 bits per heavy atom. The SMILES string of the molecule is CCc1cc2c(N3CCN(C(=O)C=Cc4cccc(OC)c4)CC3)ncnc2s1. The third-order valence-corrected chi connectivity index (χ3v) is 6.30. The van der Waals surface area contributed by atoms with Gasteiger partial charge in [-0.25, -0.2) is 9.97 Å². The van der Waals surface area contributed by atoms with Crippen LogP contribution in [-0.2, 0) is 11.2 Å². The molecule has 7 heteroatoms. The van der Waals surface area contributed by atoms with E-state index in [1.807, 2.05) is 35.2 Å². The Morgan fingerprint density at radius 3 is 2.79 bits per heavy atom. The minimum Gasteiger partial charge on any atom is -0.497 e. The number of hydrogen-bond acceptors (Lipinski definition) is 6. The lowest BCUT2D eigenvalue weighted by atomic mass is 10.2. The van der Waals surface area contributed by atoms with Crippen LogP contribution in [-0.4, -0.2) is 54.1 Å². The van der Waals surface area contributed by atoms with E-state index in [0.717, 1.165) is 46.9 Å². The monoisotopic (exact) mass is 408 g/mol. The molecule has 1 amide bonds. The summed E-state index contributed by atoms with van der Waals surface area (Å²) in [5, 5.41) is 1.12. The lowest BCUT2D eigenvalue weighted by Gasteiger charge is -2.35. The van der Waals surface area contributed by atoms with Crippen molar-refractivity contribution in [2.24, 2.45) is 0 Å². The van der Waals surface area contributed by atoms with E-state index in [2.05, 4.69) is 27.9 Å². The average molecular weight is 409 g/mol. The van der Waals surface area contributed by atoms with Crippen LogP contribution in [0.4, 0.5) is 5.82 Å². The molecule has 1 aliphatic heterocycles. The van der Waals surface area contributed by atoms with Gasteiger partial charge in [-0.3, -0.25) is 4.79 Å². The van der Waals surface area contributed by atoms with E-state index in [0.29, 0.717) is 13.1 Å². The molecule has 0 spiro atoms. The second-order valence-corrected chi connectivity index (χ2v) is 8.02. The molecule has 4 rings (SSSR count). The molecule has 0 aliphatic carbocycles. The first-order valence-corrected chi connectivity index (χ1v) is 10.6. The second-order valence-electron chi connectivity index (χ2n) is 6.90. The fourth-order valence-corrected chi connectivity index (χ4v) is 4.41. The number of aryl methyl sites for hydroxylation is 1. The fourth-order valence-electron chi connectivity index (χ4n) is 3.48. The number of thiophene rings is 1. The van der Waals surface area contributed by atoms with Gasteiger partial charge in [-0.05, 0) is 36.3 Å². The van der Waals surface area contributed by atoms with E-state index in [-0.39, 0.29) is 5.91 Å². The molecule has 0 atom stereocenters. The third kappa shape index (κ3) is 4.24. The van der Waals surface area contributed by atoms with Gasteiger partial charge in [-0.1, -0.05) is 19.1 Å². The van der Waals surface area contributed by atoms with Crippen molar-refractivity contribution in [2.75, 3.05) is 38.2 Å². The number of hydrogen-bond donors (Lipinski definition) is 0. The molecular formula is C22H24N4O2S. The summed E-state index contributed by atoms with van der Waals surface area (Å²) in [6.07, 6.45) is 6.12. The highest BCUT2D eigenvalue weighted by Gasteiger charge is 2.22. The van der Waals surface area contributed by atoms with Crippen LogP contribution in [0, 0.1) is 0 Å². The lowest BCUT2D eigenvalue weighted by Crippen LogP contribution is -2.48. The van der Waals surface area contributed by atoms with E-state index >= 15 is 0 Å². The highest BCUT2D eigenvalue weighted by atomic mass is 32.1. The number of amides is 1. The molecular weight excluding hydrogens is 384 g/mol. The molecule has 2 aromatic heterocycles. The Labute approximate surface area is 174 Å². The summed E-state index contributed by atoms with van der Waals surface area (Å²) in [6.45, 7) is 5.04. The first kappa shape index (κ1) is 19.4. The first-order valence-electron chi connectivity index (χ1n) is 9.77. The number of benzene rings is 1. The third-order valence-electron chi connectivity index (χ3n) is 5.11. The standard InChI is InChI=1S/C22H24N4O2S/c1-3-18-14-19-21(23-15-24-22(19)29-18)26-11-9-25(10-12-26)20(27)8-7-16-5-4-6-17(13-16)28-2/h4-8,13-15H,3,9-12H2,1-2H3. The number of fused-ring (bicyclic) bond motifs is 1. The Hall–Kier alpha value is -2.93.